The Morgan fingerprint density at radius 3 is 2.52 bits per heavy atom. The van der Waals surface area contributed by atoms with Gasteiger partial charge in [-0.3, -0.25) is 10.1 Å². The van der Waals surface area contributed by atoms with Crippen LogP contribution in [0.4, 0.5) is 5.69 Å². The zero-order chi connectivity index (χ0) is 18.2. The van der Waals surface area contributed by atoms with Crippen LogP contribution in [0.2, 0.25) is 0 Å². The summed E-state index contributed by atoms with van der Waals surface area (Å²) < 4.78 is 10.1. The molecule has 0 aromatic heterocycles. The molecule has 7 heteroatoms. The number of esters is 1. The lowest BCUT2D eigenvalue weighted by Crippen LogP contribution is -2.34. The van der Waals surface area contributed by atoms with E-state index in [9.17, 15) is 9.59 Å². The van der Waals surface area contributed by atoms with Crippen molar-refractivity contribution in [2.45, 2.75) is 6.92 Å². The first-order valence-corrected chi connectivity index (χ1v) is 7.98. The maximum Gasteiger partial charge on any atom is 0.337 e. The Bertz CT molecular complexity index is 792. The molecule has 0 fully saturated rings. The zero-order valence-electron chi connectivity index (χ0n) is 13.9. The van der Waals surface area contributed by atoms with Crippen molar-refractivity contribution in [1.82, 2.24) is 5.32 Å². The van der Waals surface area contributed by atoms with Crippen LogP contribution in [0.25, 0.3) is 0 Å². The molecule has 0 radical (unpaired) electrons. The number of rotatable bonds is 5. The molecule has 0 aliphatic carbocycles. The minimum atomic E-state index is -0.511. The minimum Gasteiger partial charge on any atom is -0.494 e. The van der Waals surface area contributed by atoms with Crippen LogP contribution in [0.15, 0.2) is 48.5 Å². The highest BCUT2D eigenvalue weighted by molar-refractivity contribution is 7.80. The summed E-state index contributed by atoms with van der Waals surface area (Å²) in [4.78, 5) is 23.8. The molecule has 1 amide bonds. The molecule has 0 unspecified atom stereocenters. The molecule has 0 spiro atoms. The lowest BCUT2D eigenvalue weighted by molar-refractivity contribution is 0.0600. The van der Waals surface area contributed by atoms with Gasteiger partial charge in [0.2, 0.25) is 0 Å². The highest BCUT2D eigenvalue weighted by atomic mass is 32.1. The maximum absolute atomic E-state index is 12.3. The number of carbonyl (C=O) groups is 2. The average Bonchev–Trinajstić information content (AvgIpc) is 2.61. The first-order valence-electron chi connectivity index (χ1n) is 7.57. The predicted octanol–water partition coefficient (Wildman–Crippen LogP) is 3.00. The summed E-state index contributed by atoms with van der Waals surface area (Å²) in [5, 5.41) is 5.63. The molecule has 2 N–H and O–H groups in total. The fourth-order valence-electron chi connectivity index (χ4n) is 2.07. The number of thiocarbonyl (C=S) groups is 1. The first kappa shape index (κ1) is 18.4. The minimum absolute atomic E-state index is 0.141. The fraction of sp³-hybridized carbons (Fsp3) is 0.167. The zero-order valence-corrected chi connectivity index (χ0v) is 14.7. The third-order valence-corrected chi connectivity index (χ3v) is 3.38. The highest BCUT2D eigenvalue weighted by Crippen LogP contribution is 2.17. The van der Waals surface area contributed by atoms with E-state index in [1.807, 2.05) is 19.1 Å². The van der Waals surface area contributed by atoms with Crippen molar-refractivity contribution in [3.8, 4) is 5.75 Å². The summed E-state index contributed by atoms with van der Waals surface area (Å²) in [6, 6.07) is 13.4. The topological polar surface area (TPSA) is 76.7 Å². The SMILES string of the molecule is CCOc1cccc(NC(=S)NC(=O)c2cccc(C(=O)OC)c2)c1. The molecular formula is C18H18N2O4S. The standard InChI is InChI=1S/C18H18N2O4S/c1-3-24-15-9-5-8-14(11-15)19-18(25)20-16(21)12-6-4-7-13(10-12)17(22)23-2/h4-11H,3H2,1-2H3,(H2,19,20,21,25). The van der Waals surface area contributed by atoms with Crippen molar-refractivity contribution in [2.24, 2.45) is 0 Å². The van der Waals surface area contributed by atoms with Crippen molar-refractivity contribution in [2.75, 3.05) is 19.0 Å². The van der Waals surface area contributed by atoms with Crippen LogP contribution in [0.3, 0.4) is 0 Å². The van der Waals surface area contributed by atoms with E-state index in [1.165, 1.54) is 13.2 Å². The van der Waals surface area contributed by atoms with E-state index < -0.39 is 11.9 Å². The third kappa shape index (κ3) is 5.29. The molecule has 0 bridgehead atoms. The van der Waals surface area contributed by atoms with Gasteiger partial charge in [0.1, 0.15) is 5.75 Å². The molecule has 130 valence electrons. The lowest BCUT2D eigenvalue weighted by atomic mass is 10.1. The molecular weight excluding hydrogens is 340 g/mol. The Hall–Kier alpha value is -2.93. The van der Waals surface area contributed by atoms with Gasteiger partial charge < -0.3 is 14.8 Å². The molecule has 2 rings (SSSR count). The Morgan fingerprint density at radius 2 is 1.80 bits per heavy atom. The number of nitrogens with one attached hydrogen (secondary N) is 2. The predicted molar refractivity (Wildman–Crippen MR) is 99.1 cm³/mol. The van der Waals surface area contributed by atoms with E-state index in [-0.39, 0.29) is 5.11 Å². The molecule has 2 aromatic rings. The van der Waals surface area contributed by atoms with Gasteiger partial charge in [0.05, 0.1) is 19.3 Å². The van der Waals surface area contributed by atoms with Crippen molar-refractivity contribution in [1.29, 1.82) is 0 Å². The van der Waals surface area contributed by atoms with Gasteiger partial charge in [0, 0.05) is 17.3 Å². The average molecular weight is 358 g/mol. The molecule has 0 aliphatic heterocycles. The van der Waals surface area contributed by atoms with E-state index in [4.69, 9.17) is 17.0 Å². The van der Waals surface area contributed by atoms with Gasteiger partial charge in [-0.25, -0.2) is 4.79 Å². The fourth-order valence-corrected chi connectivity index (χ4v) is 2.28. The largest absolute Gasteiger partial charge is 0.494 e. The van der Waals surface area contributed by atoms with Gasteiger partial charge >= 0.3 is 5.97 Å². The van der Waals surface area contributed by atoms with Crippen molar-refractivity contribution in [3.05, 3.63) is 59.7 Å². The van der Waals surface area contributed by atoms with Crippen LogP contribution in [0, 0.1) is 0 Å². The second kappa shape index (κ2) is 8.79. The van der Waals surface area contributed by atoms with Crippen LogP contribution in [0.5, 0.6) is 5.75 Å². The van der Waals surface area contributed by atoms with Gasteiger partial charge in [-0.1, -0.05) is 12.1 Å². The molecule has 0 saturated heterocycles. The van der Waals surface area contributed by atoms with Crippen molar-refractivity contribution in [3.63, 3.8) is 0 Å². The van der Waals surface area contributed by atoms with Gasteiger partial charge in [-0.2, -0.15) is 0 Å². The summed E-state index contributed by atoms with van der Waals surface area (Å²) in [5.74, 6) is -0.236. The molecule has 6 nitrogen and oxygen atoms in total. The highest BCUT2D eigenvalue weighted by Gasteiger charge is 2.12. The molecule has 25 heavy (non-hydrogen) atoms. The Morgan fingerprint density at radius 1 is 1.08 bits per heavy atom. The molecule has 0 saturated carbocycles. The molecule has 0 aliphatic rings. The normalized spacial score (nSPS) is 9.84. The van der Waals surface area contributed by atoms with E-state index >= 15 is 0 Å². The number of amides is 1. The second-order valence-electron chi connectivity index (χ2n) is 4.94. The number of anilines is 1. The Kier molecular flexibility index (Phi) is 6.47. The van der Waals surface area contributed by atoms with Crippen molar-refractivity contribution >= 4 is 34.9 Å². The summed E-state index contributed by atoms with van der Waals surface area (Å²) in [6.45, 7) is 2.45. The summed E-state index contributed by atoms with van der Waals surface area (Å²) >= 11 is 5.15. The second-order valence-corrected chi connectivity index (χ2v) is 5.35. The van der Waals surface area contributed by atoms with E-state index in [0.717, 1.165) is 0 Å². The smallest absolute Gasteiger partial charge is 0.337 e. The van der Waals surface area contributed by atoms with E-state index in [1.54, 1.807) is 30.3 Å². The van der Waals surface area contributed by atoms with E-state index in [2.05, 4.69) is 15.4 Å². The van der Waals surface area contributed by atoms with Gasteiger partial charge in [0.15, 0.2) is 5.11 Å². The number of hydrogen-bond acceptors (Lipinski definition) is 5. The summed E-state index contributed by atoms with van der Waals surface area (Å²) in [7, 11) is 1.28. The number of ether oxygens (including phenoxy) is 2. The number of methoxy groups -OCH3 is 1. The van der Waals surface area contributed by atoms with Crippen LogP contribution in [-0.4, -0.2) is 30.7 Å². The van der Waals surface area contributed by atoms with Gasteiger partial charge in [0.25, 0.3) is 5.91 Å². The van der Waals surface area contributed by atoms with Gasteiger partial charge in [-0.15, -0.1) is 0 Å². The lowest BCUT2D eigenvalue weighted by Gasteiger charge is -2.11. The molecule has 2 aromatic carbocycles. The quantitative estimate of drug-likeness (QED) is 0.632. The molecule has 0 atom stereocenters. The van der Waals surface area contributed by atoms with Crippen LogP contribution >= 0.6 is 12.2 Å². The maximum atomic E-state index is 12.3. The first-order chi connectivity index (χ1) is 12.0. The number of carbonyl (C=O) groups excluding carboxylic acids is 2. The van der Waals surface area contributed by atoms with Crippen LogP contribution in [0.1, 0.15) is 27.6 Å². The van der Waals surface area contributed by atoms with Gasteiger partial charge in [-0.05, 0) is 49.5 Å². The van der Waals surface area contributed by atoms with Crippen molar-refractivity contribution < 1.29 is 19.1 Å². The van der Waals surface area contributed by atoms with E-state index in [0.29, 0.717) is 29.2 Å². The number of benzene rings is 2. The Balaban J connectivity index is 2.02. The summed E-state index contributed by atoms with van der Waals surface area (Å²) in [5.41, 5.74) is 1.29. The number of hydrogen-bond donors (Lipinski definition) is 2. The third-order valence-electron chi connectivity index (χ3n) is 3.18. The molecule has 0 heterocycles. The monoisotopic (exact) mass is 358 g/mol. The van der Waals surface area contributed by atoms with Crippen LogP contribution in [-0.2, 0) is 4.74 Å². The van der Waals surface area contributed by atoms with Crippen LogP contribution < -0.4 is 15.4 Å². The Labute approximate surface area is 151 Å². The summed E-state index contributed by atoms with van der Waals surface area (Å²) in [6.07, 6.45) is 0.